The first-order valence-electron chi connectivity index (χ1n) is 7.26. The highest BCUT2D eigenvalue weighted by Gasteiger charge is 2.30. The number of carbonyl (C=O) groups excluding carboxylic acids is 2. The molecule has 0 fully saturated rings. The van der Waals surface area contributed by atoms with Crippen molar-refractivity contribution in [2.75, 3.05) is 31.5 Å². The van der Waals surface area contributed by atoms with Crippen molar-refractivity contribution in [1.29, 1.82) is 0 Å². The Morgan fingerprint density at radius 1 is 1.09 bits per heavy atom. The minimum Gasteiger partial charge on any atom is -0.351 e. The number of likely N-dealkylation sites (N-methyl/N-ethyl adjacent to an activating group) is 1. The third kappa shape index (κ3) is 6.96. The summed E-state index contributed by atoms with van der Waals surface area (Å²) < 4.78 is -2.03. The Morgan fingerprint density at radius 3 is 2.13 bits per heavy atom. The zero-order valence-corrected chi connectivity index (χ0v) is 15.3. The van der Waals surface area contributed by atoms with Gasteiger partial charge in [-0.2, -0.15) is 0 Å². The highest BCUT2D eigenvalue weighted by atomic mass is 35.6. The Labute approximate surface area is 151 Å². The average Bonchev–Trinajstić information content (AvgIpc) is 2.51. The summed E-state index contributed by atoms with van der Waals surface area (Å²) in [4.78, 5) is 25.8. The van der Waals surface area contributed by atoms with Crippen molar-refractivity contribution in [2.24, 2.45) is 0 Å². The second-order valence-electron chi connectivity index (χ2n) is 4.81. The molecule has 0 spiro atoms. The van der Waals surface area contributed by atoms with Crippen molar-refractivity contribution in [3.05, 3.63) is 29.8 Å². The normalized spacial score (nSPS) is 11.4. The number of halogens is 3. The molecule has 0 radical (unpaired) electrons. The second-order valence-corrected chi connectivity index (χ2v) is 7.09. The zero-order valence-electron chi connectivity index (χ0n) is 13.0. The molecule has 1 aromatic carbocycles. The summed E-state index contributed by atoms with van der Waals surface area (Å²) in [6.07, 6.45) is 0. The third-order valence-corrected chi connectivity index (χ3v) is 3.79. The van der Waals surface area contributed by atoms with Crippen LogP contribution in [0.5, 0.6) is 0 Å². The molecule has 0 bridgehead atoms. The van der Waals surface area contributed by atoms with Crippen LogP contribution in [0.1, 0.15) is 24.2 Å². The molecule has 0 aromatic heterocycles. The van der Waals surface area contributed by atoms with Crippen molar-refractivity contribution in [2.45, 2.75) is 17.6 Å². The van der Waals surface area contributed by atoms with Crippen LogP contribution >= 0.6 is 34.8 Å². The maximum absolute atomic E-state index is 12.0. The van der Waals surface area contributed by atoms with E-state index in [1.807, 2.05) is 0 Å². The molecule has 128 valence electrons. The molecule has 1 aromatic rings. The second kappa shape index (κ2) is 9.33. The number of rotatable bonds is 7. The Bertz CT molecular complexity index is 526. The molecule has 0 heterocycles. The van der Waals surface area contributed by atoms with E-state index < -0.39 is 9.70 Å². The molecule has 0 unspecified atom stereocenters. The summed E-state index contributed by atoms with van der Waals surface area (Å²) in [5, 5.41) is 5.30. The fourth-order valence-electron chi connectivity index (χ4n) is 1.88. The smallest absolute Gasteiger partial charge is 0.276 e. The van der Waals surface area contributed by atoms with Crippen LogP contribution < -0.4 is 10.6 Å². The van der Waals surface area contributed by atoms with Gasteiger partial charge in [-0.25, -0.2) is 0 Å². The molecule has 23 heavy (non-hydrogen) atoms. The summed E-state index contributed by atoms with van der Waals surface area (Å²) in [5.41, 5.74) is 0.942. The van der Waals surface area contributed by atoms with E-state index in [-0.39, 0.29) is 5.91 Å². The van der Waals surface area contributed by atoms with Gasteiger partial charge in [-0.3, -0.25) is 9.59 Å². The van der Waals surface area contributed by atoms with Crippen molar-refractivity contribution < 1.29 is 9.59 Å². The van der Waals surface area contributed by atoms with E-state index in [4.69, 9.17) is 34.8 Å². The lowest BCUT2D eigenvalue weighted by molar-refractivity contribution is -0.115. The van der Waals surface area contributed by atoms with E-state index in [1.54, 1.807) is 24.3 Å². The fraction of sp³-hybridized carbons (Fsp3) is 0.467. The van der Waals surface area contributed by atoms with Crippen LogP contribution in [0.25, 0.3) is 0 Å². The number of anilines is 1. The van der Waals surface area contributed by atoms with E-state index in [9.17, 15) is 9.59 Å². The van der Waals surface area contributed by atoms with Gasteiger partial charge < -0.3 is 15.5 Å². The van der Waals surface area contributed by atoms with Crippen molar-refractivity contribution in [3.8, 4) is 0 Å². The number of benzene rings is 1. The molecular formula is C15H20Cl3N3O2. The number of hydrogen-bond donors (Lipinski definition) is 2. The van der Waals surface area contributed by atoms with E-state index in [0.717, 1.165) is 19.6 Å². The summed E-state index contributed by atoms with van der Waals surface area (Å²) in [6.45, 7) is 7.43. The predicted octanol–water partition coefficient (Wildman–Crippen LogP) is 3.07. The number of nitrogens with zero attached hydrogens (tertiary/aromatic N) is 1. The van der Waals surface area contributed by atoms with Gasteiger partial charge in [-0.1, -0.05) is 48.7 Å². The minimum absolute atomic E-state index is 0.170. The first-order chi connectivity index (χ1) is 10.8. The largest absolute Gasteiger partial charge is 0.351 e. The summed E-state index contributed by atoms with van der Waals surface area (Å²) >= 11 is 16.4. The molecule has 0 aliphatic carbocycles. The average molecular weight is 381 g/mol. The monoisotopic (exact) mass is 379 g/mol. The lowest BCUT2D eigenvalue weighted by atomic mass is 10.2. The van der Waals surface area contributed by atoms with Gasteiger partial charge in [0.2, 0.25) is 0 Å². The number of hydrogen-bond acceptors (Lipinski definition) is 3. The van der Waals surface area contributed by atoms with Gasteiger partial charge in [-0.05, 0) is 37.4 Å². The first kappa shape index (κ1) is 20.0. The SMILES string of the molecule is CCN(CC)CCNC(=O)c1ccc(NC(=O)C(Cl)(Cl)Cl)cc1. The van der Waals surface area contributed by atoms with Gasteiger partial charge in [0.25, 0.3) is 15.6 Å². The van der Waals surface area contributed by atoms with Gasteiger partial charge in [0.1, 0.15) is 0 Å². The number of nitrogens with one attached hydrogen (secondary N) is 2. The van der Waals surface area contributed by atoms with Crippen LogP contribution in [0.2, 0.25) is 0 Å². The lowest BCUT2D eigenvalue weighted by Gasteiger charge is -2.18. The van der Waals surface area contributed by atoms with Gasteiger partial charge in [0.15, 0.2) is 0 Å². The van der Waals surface area contributed by atoms with Crippen molar-refractivity contribution in [1.82, 2.24) is 10.2 Å². The Kier molecular flexibility index (Phi) is 8.12. The van der Waals surface area contributed by atoms with Crippen LogP contribution in [0.3, 0.4) is 0 Å². The molecule has 2 N–H and O–H groups in total. The van der Waals surface area contributed by atoms with Crippen molar-refractivity contribution in [3.63, 3.8) is 0 Å². The van der Waals surface area contributed by atoms with Crippen LogP contribution in [-0.2, 0) is 4.79 Å². The van der Waals surface area contributed by atoms with E-state index in [0.29, 0.717) is 17.8 Å². The Balaban J connectivity index is 2.52. The highest BCUT2D eigenvalue weighted by Crippen LogP contribution is 2.27. The highest BCUT2D eigenvalue weighted by molar-refractivity contribution is 6.76. The van der Waals surface area contributed by atoms with E-state index in [2.05, 4.69) is 29.4 Å². The van der Waals surface area contributed by atoms with Crippen LogP contribution in [0, 0.1) is 0 Å². The first-order valence-corrected chi connectivity index (χ1v) is 8.40. The predicted molar refractivity (Wildman–Crippen MR) is 95.5 cm³/mol. The molecule has 0 saturated carbocycles. The molecule has 2 amide bonds. The van der Waals surface area contributed by atoms with Gasteiger partial charge in [0.05, 0.1) is 0 Å². The quantitative estimate of drug-likeness (QED) is 0.715. The van der Waals surface area contributed by atoms with Crippen LogP contribution in [0.15, 0.2) is 24.3 Å². The van der Waals surface area contributed by atoms with Crippen LogP contribution in [0.4, 0.5) is 5.69 Å². The summed E-state index contributed by atoms with van der Waals surface area (Å²) in [6, 6.07) is 6.35. The topological polar surface area (TPSA) is 61.4 Å². The molecule has 1 rings (SSSR count). The third-order valence-electron chi connectivity index (χ3n) is 3.27. The van der Waals surface area contributed by atoms with Gasteiger partial charge in [-0.15, -0.1) is 0 Å². The summed E-state index contributed by atoms with van der Waals surface area (Å²) in [7, 11) is 0. The maximum atomic E-state index is 12.0. The molecule has 0 aliphatic heterocycles. The van der Waals surface area contributed by atoms with E-state index in [1.165, 1.54) is 0 Å². The minimum atomic E-state index is -2.03. The number of amides is 2. The number of alkyl halides is 3. The molecule has 0 saturated heterocycles. The molecule has 8 heteroatoms. The van der Waals surface area contributed by atoms with Gasteiger partial charge in [0, 0.05) is 24.3 Å². The van der Waals surface area contributed by atoms with Crippen LogP contribution in [-0.4, -0.2) is 46.7 Å². The fourth-order valence-corrected chi connectivity index (χ4v) is 2.02. The zero-order chi connectivity index (χ0) is 17.5. The summed E-state index contributed by atoms with van der Waals surface area (Å²) in [5.74, 6) is -0.921. The maximum Gasteiger partial charge on any atom is 0.276 e. The van der Waals surface area contributed by atoms with Gasteiger partial charge >= 0.3 is 0 Å². The molecule has 5 nitrogen and oxygen atoms in total. The lowest BCUT2D eigenvalue weighted by Crippen LogP contribution is -2.34. The molecule has 0 aliphatic rings. The number of carbonyl (C=O) groups is 2. The Morgan fingerprint density at radius 2 is 1.65 bits per heavy atom. The van der Waals surface area contributed by atoms with E-state index >= 15 is 0 Å². The van der Waals surface area contributed by atoms with Crippen molar-refractivity contribution >= 4 is 52.3 Å². The Hall–Kier alpha value is -1.01. The molecular weight excluding hydrogens is 361 g/mol. The standard InChI is InChI=1S/C15H20Cl3N3O2/c1-3-21(4-2)10-9-19-13(22)11-5-7-12(8-6-11)20-14(23)15(16,17)18/h5-8H,3-4,9-10H2,1-2H3,(H,19,22)(H,20,23). The molecule has 0 atom stereocenters.